The summed E-state index contributed by atoms with van der Waals surface area (Å²) in [6.45, 7) is 3.75. The highest BCUT2D eigenvalue weighted by Crippen LogP contribution is 2.16. The van der Waals surface area contributed by atoms with Gasteiger partial charge in [-0.25, -0.2) is 13.6 Å². The predicted molar refractivity (Wildman–Crippen MR) is 98.0 cm³/mol. The zero-order valence-corrected chi connectivity index (χ0v) is 15.2. The summed E-state index contributed by atoms with van der Waals surface area (Å²) in [4.78, 5) is 24.6. The number of hydrogen-bond acceptors (Lipinski definition) is 3. The molecule has 0 aliphatic heterocycles. The standard InChI is InChI=1S/C20H22F2N2O3/c1-3-13(2)18(19(25)23-15-9-10-16(21)17(22)11-15)24-20(26)27-12-14-7-5-4-6-8-14/h4-11,13,18H,3,12H2,1-2H3,(H,23,25)(H,24,26). The molecule has 2 rings (SSSR count). The molecule has 0 bridgehead atoms. The first-order valence-electron chi connectivity index (χ1n) is 8.63. The summed E-state index contributed by atoms with van der Waals surface area (Å²) in [5.41, 5.74) is 0.922. The summed E-state index contributed by atoms with van der Waals surface area (Å²) in [7, 11) is 0. The van der Waals surface area contributed by atoms with Crippen molar-refractivity contribution in [3.05, 3.63) is 65.7 Å². The van der Waals surface area contributed by atoms with E-state index in [-0.39, 0.29) is 18.2 Å². The number of nitrogens with one attached hydrogen (secondary N) is 2. The number of amides is 2. The molecule has 2 aromatic carbocycles. The van der Waals surface area contributed by atoms with Crippen molar-refractivity contribution in [2.24, 2.45) is 5.92 Å². The van der Waals surface area contributed by atoms with Crippen molar-refractivity contribution in [1.29, 1.82) is 0 Å². The molecule has 0 aliphatic carbocycles. The summed E-state index contributed by atoms with van der Waals surface area (Å²) >= 11 is 0. The van der Waals surface area contributed by atoms with Crippen molar-refractivity contribution in [2.45, 2.75) is 32.9 Å². The van der Waals surface area contributed by atoms with Gasteiger partial charge in [0.05, 0.1) is 0 Å². The monoisotopic (exact) mass is 376 g/mol. The van der Waals surface area contributed by atoms with Crippen molar-refractivity contribution in [1.82, 2.24) is 5.32 Å². The Bertz CT molecular complexity index is 784. The molecule has 0 radical (unpaired) electrons. The Labute approximate surface area is 156 Å². The number of halogens is 2. The van der Waals surface area contributed by atoms with Gasteiger partial charge in [0, 0.05) is 11.8 Å². The Morgan fingerprint density at radius 2 is 1.78 bits per heavy atom. The molecule has 0 aliphatic rings. The highest BCUT2D eigenvalue weighted by molar-refractivity contribution is 5.96. The number of hydrogen-bond donors (Lipinski definition) is 2. The summed E-state index contributed by atoms with van der Waals surface area (Å²) < 4.78 is 31.5. The molecule has 7 heteroatoms. The maximum absolute atomic E-state index is 13.3. The normalized spacial score (nSPS) is 12.7. The summed E-state index contributed by atoms with van der Waals surface area (Å²) in [5.74, 6) is -2.80. The van der Waals surface area contributed by atoms with E-state index in [9.17, 15) is 18.4 Å². The molecule has 0 heterocycles. The van der Waals surface area contributed by atoms with Gasteiger partial charge in [-0.1, -0.05) is 50.6 Å². The van der Waals surface area contributed by atoms with Gasteiger partial charge >= 0.3 is 6.09 Å². The van der Waals surface area contributed by atoms with E-state index in [0.29, 0.717) is 6.42 Å². The third-order valence-electron chi connectivity index (χ3n) is 4.17. The third kappa shape index (κ3) is 6.06. The number of carbonyl (C=O) groups excluding carboxylic acids is 2. The fraction of sp³-hybridized carbons (Fsp3) is 0.300. The zero-order valence-electron chi connectivity index (χ0n) is 15.2. The van der Waals surface area contributed by atoms with E-state index in [0.717, 1.165) is 17.7 Å². The van der Waals surface area contributed by atoms with E-state index in [1.807, 2.05) is 37.3 Å². The van der Waals surface area contributed by atoms with E-state index in [4.69, 9.17) is 4.74 Å². The minimum Gasteiger partial charge on any atom is -0.445 e. The minimum atomic E-state index is -1.07. The number of anilines is 1. The Hall–Kier alpha value is -2.96. The van der Waals surface area contributed by atoms with Gasteiger partial charge in [-0.15, -0.1) is 0 Å². The van der Waals surface area contributed by atoms with Gasteiger partial charge in [-0.3, -0.25) is 4.79 Å². The first-order valence-corrected chi connectivity index (χ1v) is 8.63. The van der Waals surface area contributed by atoms with Crippen LogP contribution in [-0.4, -0.2) is 18.0 Å². The average molecular weight is 376 g/mol. The lowest BCUT2D eigenvalue weighted by molar-refractivity contribution is -0.119. The lowest BCUT2D eigenvalue weighted by atomic mass is 9.98. The van der Waals surface area contributed by atoms with Crippen LogP contribution in [0.25, 0.3) is 0 Å². The molecule has 5 nitrogen and oxygen atoms in total. The predicted octanol–water partition coefficient (Wildman–Crippen LogP) is 4.24. The molecule has 0 saturated heterocycles. The Morgan fingerprint density at radius 3 is 2.41 bits per heavy atom. The molecular formula is C20H22F2N2O3. The van der Waals surface area contributed by atoms with Crippen molar-refractivity contribution in [3.63, 3.8) is 0 Å². The van der Waals surface area contributed by atoms with Gasteiger partial charge < -0.3 is 15.4 Å². The van der Waals surface area contributed by atoms with Crippen LogP contribution >= 0.6 is 0 Å². The smallest absolute Gasteiger partial charge is 0.408 e. The van der Waals surface area contributed by atoms with Crippen LogP contribution in [0.3, 0.4) is 0 Å². The van der Waals surface area contributed by atoms with Crippen molar-refractivity contribution in [3.8, 4) is 0 Å². The first-order chi connectivity index (χ1) is 12.9. The topological polar surface area (TPSA) is 67.4 Å². The van der Waals surface area contributed by atoms with Crippen LogP contribution < -0.4 is 10.6 Å². The third-order valence-corrected chi connectivity index (χ3v) is 4.17. The lowest BCUT2D eigenvalue weighted by Crippen LogP contribution is -2.47. The van der Waals surface area contributed by atoms with Crippen LogP contribution in [0.1, 0.15) is 25.8 Å². The Morgan fingerprint density at radius 1 is 1.07 bits per heavy atom. The quantitative estimate of drug-likeness (QED) is 0.759. The molecule has 144 valence electrons. The molecule has 0 aromatic heterocycles. The fourth-order valence-corrected chi connectivity index (χ4v) is 2.39. The molecule has 2 atom stereocenters. The minimum absolute atomic E-state index is 0.0741. The maximum Gasteiger partial charge on any atom is 0.408 e. The van der Waals surface area contributed by atoms with E-state index in [2.05, 4.69) is 10.6 Å². The zero-order chi connectivity index (χ0) is 19.8. The number of alkyl carbamates (subject to hydrolysis) is 1. The SMILES string of the molecule is CCC(C)C(NC(=O)OCc1ccccc1)C(=O)Nc1ccc(F)c(F)c1. The van der Waals surface area contributed by atoms with Crippen molar-refractivity contribution < 1.29 is 23.1 Å². The highest BCUT2D eigenvalue weighted by Gasteiger charge is 2.26. The van der Waals surface area contributed by atoms with Crippen LogP contribution in [0.2, 0.25) is 0 Å². The van der Waals surface area contributed by atoms with Gasteiger partial charge in [0.1, 0.15) is 12.6 Å². The Balaban J connectivity index is 1.99. The number of ether oxygens (including phenoxy) is 1. The number of benzene rings is 2. The van der Waals surface area contributed by atoms with Gasteiger partial charge in [0.25, 0.3) is 0 Å². The second kappa shape index (κ2) is 9.66. The molecular weight excluding hydrogens is 354 g/mol. The van der Waals surface area contributed by atoms with E-state index >= 15 is 0 Å². The molecule has 0 fully saturated rings. The molecule has 2 N–H and O–H groups in total. The van der Waals surface area contributed by atoms with Gasteiger partial charge in [0.15, 0.2) is 11.6 Å². The second-order valence-electron chi connectivity index (χ2n) is 6.19. The summed E-state index contributed by atoms with van der Waals surface area (Å²) in [6, 6.07) is 11.3. The fourth-order valence-electron chi connectivity index (χ4n) is 2.39. The van der Waals surface area contributed by atoms with E-state index in [1.165, 1.54) is 6.07 Å². The summed E-state index contributed by atoms with van der Waals surface area (Å²) in [5, 5.41) is 5.03. The van der Waals surface area contributed by atoms with Crippen LogP contribution in [0.15, 0.2) is 48.5 Å². The van der Waals surface area contributed by atoms with Crippen molar-refractivity contribution >= 4 is 17.7 Å². The van der Waals surface area contributed by atoms with E-state index in [1.54, 1.807) is 6.92 Å². The number of carbonyl (C=O) groups is 2. The van der Waals surface area contributed by atoms with E-state index < -0.39 is 29.7 Å². The van der Waals surface area contributed by atoms with Gasteiger partial charge in [0.2, 0.25) is 5.91 Å². The largest absolute Gasteiger partial charge is 0.445 e. The van der Waals surface area contributed by atoms with Crippen LogP contribution in [-0.2, 0) is 16.1 Å². The molecule has 2 unspecified atom stereocenters. The van der Waals surface area contributed by atoms with Crippen molar-refractivity contribution in [2.75, 3.05) is 5.32 Å². The Kier molecular flexibility index (Phi) is 7.28. The maximum atomic E-state index is 13.3. The average Bonchev–Trinajstić information content (AvgIpc) is 2.67. The van der Waals surface area contributed by atoms with Gasteiger partial charge in [-0.2, -0.15) is 0 Å². The lowest BCUT2D eigenvalue weighted by Gasteiger charge is -2.23. The van der Waals surface area contributed by atoms with Gasteiger partial charge in [-0.05, 0) is 23.6 Å². The van der Waals surface area contributed by atoms with Crippen LogP contribution in [0.4, 0.5) is 19.3 Å². The molecule has 0 spiro atoms. The molecule has 0 saturated carbocycles. The highest BCUT2D eigenvalue weighted by atomic mass is 19.2. The first kappa shape index (κ1) is 20.4. The molecule has 2 amide bonds. The molecule has 27 heavy (non-hydrogen) atoms. The van der Waals surface area contributed by atoms with Crippen LogP contribution in [0.5, 0.6) is 0 Å². The second-order valence-corrected chi connectivity index (χ2v) is 6.19. The summed E-state index contributed by atoms with van der Waals surface area (Å²) in [6.07, 6.45) is -0.112. The number of rotatable bonds is 7. The molecule has 2 aromatic rings. The van der Waals surface area contributed by atoms with Crippen LogP contribution in [0, 0.1) is 17.6 Å².